The van der Waals surface area contributed by atoms with Crippen LogP contribution in [0.2, 0.25) is 0 Å². The van der Waals surface area contributed by atoms with Gasteiger partial charge in [0.1, 0.15) is 0 Å². The molecule has 1 aliphatic heterocycles. The summed E-state index contributed by atoms with van der Waals surface area (Å²) in [6.45, 7) is 4.71. The smallest absolute Gasteiger partial charge is 0.0629 e. The summed E-state index contributed by atoms with van der Waals surface area (Å²) in [5, 5.41) is 0. The molecule has 1 saturated heterocycles. The summed E-state index contributed by atoms with van der Waals surface area (Å²) < 4.78 is 5.38. The number of ether oxygens (including phenoxy) is 1. The van der Waals surface area contributed by atoms with Gasteiger partial charge in [0, 0.05) is 25.8 Å². The topological polar surface area (TPSA) is 24.8 Å². The Bertz CT molecular complexity index is 641. The van der Waals surface area contributed by atoms with E-state index in [0.29, 0.717) is 0 Å². The first-order valence-electron chi connectivity index (χ1n) is 8.05. The van der Waals surface area contributed by atoms with Crippen LogP contribution in [0, 0.1) is 0 Å². The van der Waals surface area contributed by atoms with Crippen LogP contribution in [0.5, 0.6) is 0 Å². The van der Waals surface area contributed by atoms with Crippen LogP contribution >= 0.6 is 0 Å². The van der Waals surface area contributed by atoms with Crippen LogP contribution in [0.3, 0.4) is 0 Å². The summed E-state index contributed by atoms with van der Waals surface area (Å²) in [5.74, 6) is 0. The third-order valence-corrected chi connectivity index (χ3v) is 3.84. The summed E-state index contributed by atoms with van der Waals surface area (Å²) in [6, 6.07) is 18.7. The normalized spacial score (nSPS) is 16.3. The highest BCUT2D eigenvalue weighted by atomic mass is 16.5. The summed E-state index contributed by atoms with van der Waals surface area (Å²) >= 11 is 0. The SMILES string of the molecule is C(/C=C/c1ccccc1)=Nc1ccc(CN2CCOCC2)cc1. The van der Waals surface area contributed by atoms with Gasteiger partial charge in [-0.25, -0.2) is 0 Å². The van der Waals surface area contributed by atoms with E-state index in [1.165, 1.54) is 11.1 Å². The zero-order valence-corrected chi connectivity index (χ0v) is 13.3. The molecule has 0 unspecified atom stereocenters. The van der Waals surface area contributed by atoms with Crippen molar-refractivity contribution in [3.8, 4) is 0 Å². The van der Waals surface area contributed by atoms with Gasteiger partial charge in [-0.15, -0.1) is 0 Å². The monoisotopic (exact) mass is 306 g/mol. The van der Waals surface area contributed by atoms with Gasteiger partial charge in [0.15, 0.2) is 0 Å². The Morgan fingerprint density at radius 2 is 1.70 bits per heavy atom. The van der Waals surface area contributed by atoms with E-state index in [1.807, 2.05) is 30.5 Å². The number of allylic oxidation sites excluding steroid dienone is 1. The van der Waals surface area contributed by atoms with E-state index in [1.54, 1.807) is 0 Å². The molecule has 2 aromatic rings. The van der Waals surface area contributed by atoms with Gasteiger partial charge in [-0.05, 0) is 29.3 Å². The van der Waals surface area contributed by atoms with Crippen molar-refractivity contribution < 1.29 is 4.74 Å². The van der Waals surface area contributed by atoms with Crippen molar-refractivity contribution in [2.24, 2.45) is 4.99 Å². The molecule has 3 heteroatoms. The maximum Gasteiger partial charge on any atom is 0.0629 e. The second-order valence-corrected chi connectivity index (χ2v) is 5.60. The van der Waals surface area contributed by atoms with Gasteiger partial charge in [0.2, 0.25) is 0 Å². The highest BCUT2D eigenvalue weighted by Crippen LogP contribution is 2.14. The molecule has 0 aliphatic carbocycles. The second kappa shape index (κ2) is 8.42. The Kier molecular flexibility index (Phi) is 5.73. The molecule has 0 spiro atoms. The van der Waals surface area contributed by atoms with Gasteiger partial charge in [0.05, 0.1) is 18.9 Å². The standard InChI is InChI=1S/C20H22N2O/c1-2-5-18(6-3-1)7-4-12-21-20-10-8-19(9-11-20)17-22-13-15-23-16-14-22/h1-12H,13-17H2/b7-4+,21-12?. The van der Waals surface area contributed by atoms with Crippen molar-refractivity contribution in [1.82, 2.24) is 4.90 Å². The summed E-state index contributed by atoms with van der Waals surface area (Å²) in [5.41, 5.74) is 3.49. The van der Waals surface area contributed by atoms with Gasteiger partial charge in [0.25, 0.3) is 0 Å². The quantitative estimate of drug-likeness (QED) is 0.782. The van der Waals surface area contributed by atoms with E-state index in [-0.39, 0.29) is 0 Å². The molecule has 0 saturated carbocycles. The number of hydrogen-bond acceptors (Lipinski definition) is 3. The van der Waals surface area contributed by atoms with Gasteiger partial charge < -0.3 is 4.74 Å². The van der Waals surface area contributed by atoms with Crippen molar-refractivity contribution in [1.29, 1.82) is 0 Å². The maximum absolute atomic E-state index is 5.38. The van der Waals surface area contributed by atoms with Crippen molar-refractivity contribution in [2.75, 3.05) is 26.3 Å². The van der Waals surface area contributed by atoms with Crippen molar-refractivity contribution in [2.45, 2.75) is 6.54 Å². The van der Waals surface area contributed by atoms with Gasteiger partial charge in [-0.2, -0.15) is 0 Å². The summed E-state index contributed by atoms with van der Waals surface area (Å²) in [4.78, 5) is 6.88. The highest BCUT2D eigenvalue weighted by molar-refractivity contribution is 5.80. The van der Waals surface area contributed by atoms with Crippen molar-refractivity contribution in [3.63, 3.8) is 0 Å². The zero-order chi connectivity index (χ0) is 15.7. The van der Waals surface area contributed by atoms with Crippen molar-refractivity contribution >= 4 is 18.0 Å². The average Bonchev–Trinajstić information content (AvgIpc) is 2.62. The summed E-state index contributed by atoms with van der Waals surface area (Å²) in [7, 11) is 0. The molecule has 1 fully saturated rings. The molecule has 0 bridgehead atoms. The maximum atomic E-state index is 5.38. The number of benzene rings is 2. The van der Waals surface area contributed by atoms with Crippen LogP contribution in [0.25, 0.3) is 6.08 Å². The fraction of sp³-hybridized carbons (Fsp3) is 0.250. The van der Waals surface area contributed by atoms with Crippen LogP contribution < -0.4 is 0 Å². The molecule has 0 amide bonds. The number of hydrogen-bond donors (Lipinski definition) is 0. The Morgan fingerprint density at radius 1 is 0.957 bits per heavy atom. The van der Waals surface area contributed by atoms with Crippen LogP contribution in [-0.2, 0) is 11.3 Å². The molecule has 23 heavy (non-hydrogen) atoms. The van der Waals surface area contributed by atoms with Crippen LogP contribution in [0.4, 0.5) is 5.69 Å². The molecule has 0 aromatic heterocycles. The van der Waals surface area contributed by atoms with Crippen molar-refractivity contribution in [3.05, 3.63) is 71.8 Å². The minimum absolute atomic E-state index is 0.843. The lowest BCUT2D eigenvalue weighted by atomic mass is 10.2. The van der Waals surface area contributed by atoms with Crippen LogP contribution in [0.15, 0.2) is 65.7 Å². The molecule has 3 nitrogen and oxygen atoms in total. The van der Waals surface area contributed by atoms with E-state index in [4.69, 9.17) is 4.74 Å². The Labute approximate surface area is 137 Å². The second-order valence-electron chi connectivity index (χ2n) is 5.60. The van der Waals surface area contributed by atoms with Crippen LogP contribution in [-0.4, -0.2) is 37.4 Å². The van der Waals surface area contributed by atoms with Gasteiger partial charge in [-0.3, -0.25) is 9.89 Å². The average molecular weight is 306 g/mol. The predicted molar refractivity (Wildman–Crippen MR) is 96.2 cm³/mol. The molecule has 0 N–H and O–H groups in total. The Balaban J connectivity index is 1.52. The van der Waals surface area contributed by atoms with Gasteiger partial charge >= 0.3 is 0 Å². The van der Waals surface area contributed by atoms with E-state index in [9.17, 15) is 0 Å². The minimum Gasteiger partial charge on any atom is -0.379 e. The lowest BCUT2D eigenvalue weighted by Crippen LogP contribution is -2.35. The molecule has 3 rings (SSSR count). The number of nitrogens with zero attached hydrogens (tertiary/aromatic N) is 2. The lowest BCUT2D eigenvalue weighted by molar-refractivity contribution is 0.0342. The molecule has 1 aliphatic rings. The van der Waals surface area contributed by atoms with E-state index < -0.39 is 0 Å². The van der Waals surface area contributed by atoms with E-state index in [2.05, 4.69) is 52.4 Å². The zero-order valence-electron chi connectivity index (χ0n) is 13.3. The number of rotatable bonds is 5. The summed E-state index contributed by atoms with van der Waals surface area (Å²) in [6.07, 6.45) is 5.86. The number of aliphatic imine (C=N–C) groups is 1. The first-order valence-corrected chi connectivity index (χ1v) is 8.05. The Morgan fingerprint density at radius 3 is 2.43 bits per heavy atom. The molecular formula is C20H22N2O. The highest BCUT2D eigenvalue weighted by Gasteiger charge is 2.10. The molecule has 1 heterocycles. The van der Waals surface area contributed by atoms with Crippen LogP contribution in [0.1, 0.15) is 11.1 Å². The van der Waals surface area contributed by atoms with E-state index >= 15 is 0 Å². The molecule has 2 aromatic carbocycles. The molecule has 118 valence electrons. The van der Waals surface area contributed by atoms with E-state index in [0.717, 1.165) is 38.5 Å². The largest absolute Gasteiger partial charge is 0.379 e. The van der Waals surface area contributed by atoms with Gasteiger partial charge in [-0.1, -0.05) is 48.5 Å². The first-order chi connectivity index (χ1) is 11.4. The number of morpholine rings is 1. The fourth-order valence-corrected chi connectivity index (χ4v) is 2.55. The minimum atomic E-state index is 0.843. The molecular weight excluding hydrogens is 284 g/mol. The molecule has 0 atom stereocenters. The molecule has 0 radical (unpaired) electrons. The Hall–Kier alpha value is -2.23. The third kappa shape index (κ3) is 5.16. The lowest BCUT2D eigenvalue weighted by Gasteiger charge is -2.26. The fourth-order valence-electron chi connectivity index (χ4n) is 2.55. The first kappa shape index (κ1) is 15.7. The predicted octanol–water partition coefficient (Wildman–Crippen LogP) is 3.93. The third-order valence-electron chi connectivity index (χ3n) is 3.84.